The van der Waals surface area contributed by atoms with Crippen molar-refractivity contribution in [2.24, 2.45) is 0 Å². The van der Waals surface area contributed by atoms with Gasteiger partial charge in [0.25, 0.3) is 10.0 Å². The summed E-state index contributed by atoms with van der Waals surface area (Å²) in [6.07, 6.45) is 1.38. The molecule has 0 fully saturated rings. The average molecular weight is 353 g/mol. The smallest absolute Gasteiger partial charge is 0.265 e. The lowest BCUT2D eigenvalue weighted by molar-refractivity contribution is 0.591. The molecule has 0 amide bonds. The number of nitrogens with zero attached hydrogens (tertiary/aromatic N) is 2. The molecule has 0 spiro atoms. The van der Waals surface area contributed by atoms with Gasteiger partial charge in [0.15, 0.2) is 0 Å². The molecular weight excluding hydrogens is 334 g/mol. The molecule has 0 saturated heterocycles. The number of aromatic nitrogens is 1. The van der Waals surface area contributed by atoms with Crippen LogP contribution < -0.4 is 9.62 Å². The van der Waals surface area contributed by atoms with Crippen molar-refractivity contribution >= 4 is 27.2 Å². The highest BCUT2D eigenvalue weighted by molar-refractivity contribution is 7.92. The van der Waals surface area contributed by atoms with E-state index in [1.54, 1.807) is 24.3 Å². The van der Waals surface area contributed by atoms with E-state index < -0.39 is 10.0 Å². The van der Waals surface area contributed by atoms with E-state index in [-0.39, 0.29) is 4.90 Å². The van der Waals surface area contributed by atoms with Crippen LogP contribution in [0.25, 0.3) is 0 Å². The number of rotatable bonds is 6. The van der Waals surface area contributed by atoms with Gasteiger partial charge in [-0.05, 0) is 43.3 Å². The molecule has 0 aliphatic heterocycles. The number of hydrogen-bond acceptors (Lipinski definition) is 4. The minimum Gasteiger partial charge on any atom is -0.340 e. The molecule has 0 aliphatic rings. The first-order valence-corrected chi connectivity index (χ1v) is 9.41. The molecule has 2 aromatic carbocycles. The SMILES string of the molecule is CCN(c1ccccc1)S(=O)(=O)c1ccc(Nc2ccccc2)nc1. The number of pyridine rings is 1. The van der Waals surface area contributed by atoms with Gasteiger partial charge in [-0.3, -0.25) is 4.31 Å². The number of para-hydroxylation sites is 2. The Bertz CT molecular complexity index is 912. The quantitative estimate of drug-likeness (QED) is 0.726. The first-order valence-electron chi connectivity index (χ1n) is 7.97. The number of nitrogens with one attached hydrogen (secondary N) is 1. The van der Waals surface area contributed by atoms with Gasteiger partial charge >= 0.3 is 0 Å². The molecular formula is C19H19N3O2S. The van der Waals surface area contributed by atoms with E-state index in [1.165, 1.54) is 10.5 Å². The molecule has 0 bridgehead atoms. The maximum atomic E-state index is 12.9. The Hall–Kier alpha value is -2.86. The molecule has 128 valence electrons. The molecule has 5 nitrogen and oxygen atoms in total. The van der Waals surface area contributed by atoms with Gasteiger partial charge in [-0.1, -0.05) is 36.4 Å². The molecule has 0 unspecified atom stereocenters. The van der Waals surface area contributed by atoms with Gasteiger partial charge in [-0.15, -0.1) is 0 Å². The van der Waals surface area contributed by atoms with Gasteiger partial charge in [0, 0.05) is 18.4 Å². The maximum Gasteiger partial charge on any atom is 0.265 e. The van der Waals surface area contributed by atoms with Crippen molar-refractivity contribution in [3.63, 3.8) is 0 Å². The zero-order chi connectivity index (χ0) is 17.7. The number of benzene rings is 2. The molecule has 3 rings (SSSR count). The minimum absolute atomic E-state index is 0.164. The van der Waals surface area contributed by atoms with Crippen LogP contribution in [0.15, 0.2) is 83.9 Å². The van der Waals surface area contributed by atoms with Gasteiger partial charge in [0.2, 0.25) is 0 Å². The van der Waals surface area contributed by atoms with E-state index in [0.717, 1.165) is 5.69 Å². The highest BCUT2D eigenvalue weighted by atomic mass is 32.2. The fourth-order valence-corrected chi connectivity index (χ4v) is 3.91. The second-order valence-corrected chi connectivity index (χ2v) is 7.24. The van der Waals surface area contributed by atoms with Crippen molar-refractivity contribution in [3.05, 3.63) is 79.0 Å². The van der Waals surface area contributed by atoms with E-state index in [2.05, 4.69) is 10.3 Å². The Balaban J connectivity index is 1.85. The Morgan fingerprint density at radius 2 is 1.56 bits per heavy atom. The summed E-state index contributed by atoms with van der Waals surface area (Å²) in [7, 11) is -3.65. The Morgan fingerprint density at radius 1 is 0.920 bits per heavy atom. The van der Waals surface area contributed by atoms with Crippen LogP contribution in [-0.2, 0) is 10.0 Å². The van der Waals surface area contributed by atoms with Crippen molar-refractivity contribution in [2.45, 2.75) is 11.8 Å². The Labute approximate surface area is 148 Å². The van der Waals surface area contributed by atoms with Gasteiger partial charge in [0.1, 0.15) is 10.7 Å². The first-order chi connectivity index (χ1) is 12.1. The lowest BCUT2D eigenvalue weighted by atomic mass is 10.3. The highest BCUT2D eigenvalue weighted by Gasteiger charge is 2.23. The molecule has 0 saturated carbocycles. The van der Waals surface area contributed by atoms with Crippen LogP contribution in [0, 0.1) is 0 Å². The monoisotopic (exact) mass is 353 g/mol. The Morgan fingerprint density at radius 3 is 2.12 bits per heavy atom. The van der Waals surface area contributed by atoms with Crippen LogP contribution in [0.3, 0.4) is 0 Å². The van der Waals surface area contributed by atoms with Gasteiger partial charge < -0.3 is 5.32 Å². The zero-order valence-electron chi connectivity index (χ0n) is 13.8. The summed E-state index contributed by atoms with van der Waals surface area (Å²) >= 11 is 0. The summed E-state index contributed by atoms with van der Waals surface area (Å²) in [5.41, 5.74) is 1.53. The van der Waals surface area contributed by atoms with Crippen LogP contribution in [0.4, 0.5) is 17.2 Å². The van der Waals surface area contributed by atoms with Crippen LogP contribution in [0.1, 0.15) is 6.92 Å². The Kier molecular flexibility index (Phi) is 5.00. The third-order valence-electron chi connectivity index (χ3n) is 3.70. The minimum atomic E-state index is -3.65. The molecule has 1 heterocycles. The van der Waals surface area contributed by atoms with E-state index >= 15 is 0 Å². The van der Waals surface area contributed by atoms with Crippen molar-refractivity contribution in [2.75, 3.05) is 16.2 Å². The van der Waals surface area contributed by atoms with Gasteiger partial charge in [-0.25, -0.2) is 13.4 Å². The number of hydrogen-bond donors (Lipinski definition) is 1. The van der Waals surface area contributed by atoms with Crippen molar-refractivity contribution in [3.8, 4) is 0 Å². The zero-order valence-corrected chi connectivity index (χ0v) is 14.6. The van der Waals surface area contributed by atoms with Crippen LogP contribution in [-0.4, -0.2) is 19.9 Å². The van der Waals surface area contributed by atoms with E-state index in [4.69, 9.17) is 0 Å². The third-order valence-corrected chi connectivity index (χ3v) is 5.59. The van der Waals surface area contributed by atoms with Crippen LogP contribution in [0.5, 0.6) is 0 Å². The summed E-state index contributed by atoms with van der Waals surface area (Å²) < 4.78 is 27.2. The predicted octanol–water partition coefficient (Wildman–Crippen LogP) is 4.04. The standard InChI is InChI=1S/C19H19N3O2S/c1-2-22(17-11-7-4-8-12-17)25(23,24)18-13-14-19(20-15-18)21-16-9-5-3-6-10-16/h3-15H,2H2,1H3,(H,20,21). The molecule has 3 aromatic rings. The predicted molar refractivity (Wildman–Crippen MR) is 101 cm³/mol. The van der Waals surface area contributed by atoms with Crippen LogP contribution in [0.2, 0.25) is 0 Å². The van der Waals surface area contributed by atoms with Gasteiger partial charge in [0.05, 0.1) is 5.69 Å². The third kappa shape index (κ3) is 3.80. The van der Waals surface area contributed by atoms with Gasteiger partial charge in [-0.2, -0.15) is 0 Å². The van der Waals surface area contributed by atoms with E-state index in [0.29, 0.717) is 18.1 Å². The molecule has 0 aliphatic carbocycles. The van der Waals surface area contributed by atoms with Crippen molar-refractivity contribution in [1.82, 2.24) is 4.98 Å². The van der Waals surface area contributed by atoms with Crippen molar-refractivity contribution in [1.29, 1.82) is 0 Å². The molecule has 25 heavy (non-hydrogen) atoms. The second kappa shape index (κ2) is 7.36. The second-order valence-electron chi connectivity index (χ2n) is 5.38. The van der Waals surface area contributed by atoms with E-state index in [9.17, 15) is 8.42 Å². The largest absolute Gasteiger partial charge is 0.340 e. The topological polar surface area (TPSA) is 62.3 Å². The molecule has 1 N–H and O–H groups in total. The highest BCUT2D eigenvalue weighted by Crippen LogP contribution is 2.23. The fourth-order valence-electron chi connectivity index (χ4n) is 2.49. The lowest BCUT2D eigenvalue weighted by Gasteiger charge is -2.22. The normalized spacial score (nSPS) is 11.1. The summed E-state index contributed by atoms with van der Waals surface area (Å²) in [5.74, 6) is 0.591. The van der Waals surface area contributed by atoms with Crippen LogP contribution >= 0.6 is 0 Å². The van der Waals surface area contributed by atoms with Crippen molar-refractivity contribution < 1.29 is 8.42 Å². The summed E-state index contributed by atoms with van der Waals surface area (Å²) in [6, 6.07) is 21.9. The molecule has 0 atom stereocenters. The summed E-state index contributed by atoms with van der Waals surface area (Å²) in [4.78, 5) is 4.40. The van der Waals surface area contributed by atoms with E-state index in [1.807, 2.05) is 55.5 Å². The fraction of sp³-hybridized carbons (Fsp3) is 0.105. The molecule has 0 radical (unpaired) electrons. The summed E-state index contributed by atoms with van der Waals surface area (Å²) in [6.45, 7) is 2.15. The lowest BCUT2D eigenvalue weighted by Crippen LogP contribution is -2.30. The summed E-state index contributed by atoms with van der Waals surface area (Å²) in [5, 5.41) is 3.14. The number of anilines is 3. The maximum absolute atomic E-state index is 12.9. The number of sulfonamides is 1. The average Bonchev–Trinajstić information content (AvgIpc) is 2.64. The first kappa shape index (κ1) is 17.0. The molecule has 1 aromatic heterocycles. The molecule has 6 heteroatoms.